The van der Waals surface area contributed by atoms with Gasteiger partial charge in [-0.25, -0.2) is 37.5 Å². The molecule has 0 fully saturated rings. The molecular weight excluding hydrogens is 530 g/mol. The second-order valence-electron chi connectivity index (χ2n) is 8.01. The van der Waals surface area contributed by atoms with E-state index in [1.807, 2.05) is 5.38 Å². The van der Waals surface area contributed by atoms with Gasteiger partial charge in [0.1, 0.15) is 12.1 Å². The van der Waals surface area contributed by atoms with Crippen LogP contribution in [0.2, 0.25) is 0 Å². The van der Waals surface area contributed by atoms with Gasteiger partial charge in [0.2, 0.25) is 5.88 Å². The van der Waals surface area contributed by atoms with Crippen molar-refractivity contribution in [3.8, 4) is 5.88 Å². The van der Waals surface area contributed by atoms with Gasteiger partial charge in [-0.15, -0.1) is 11.3 Å². The Balaban J connectivity index is 1.60. The molecule has 1 atom stereocenters. The molecule has 0 radical (unpaired) electrons. The largest absolute Gasteiger partial charge is 0.470 e. The Bertz CT molecular complexity index is 1420. The van der Waals surface area contributed by atoms with Crippen molar-refractivity contribution in [2.45, 2.75) is 31.1 Å². The third-order valence-corrected chi connectivity index (χ3v) is 7.03. The fourth-order valence-corrected chi connectivity index (χ4v) is 4.78. The van der Waals surface area contributed by atoms with Crippen LogP contribution in [0.5, 0.6) is 5.88 Å². The summed E-state index contributed by atoms with van der Waals surface area (Å²) in [5.74, 6) is -1.95. The topological polar surface area (TPSA) is 111 Å². The van der Waals surface area contributed by atoms with Gasteiger partial charge in [0.05, 0.1) is 27.7 Å². The molecule has 3 N–H and O–H groups in total. The Kier molecular flexibility index (Phi) is 8.07. The number of nitrogens with two attached hydrogens (primary N) is 1. The second kappa shape index (κ2) is 11.3. The second-order valence-corrected chi connectivity index (χ2v) is 10.3. The molecule has 0 aliphatic carbocycles. The molecule has 0 spiro atoms. The number of rotatable bonds is 9. The third kappa shape index (κ3) is 6.25. The summed E-state index contributed by atoms with van der Waals surface area (Å²) in [6.45, 7) is 1.44. The first-order valence-electron chi connectivity index (χ1n) is 10.7. The molecule has 3 heterocycles. The van der Waals surface area contributed by atoms with E-state index in [2.05, 4.69) is 30.2 Å². The Morgan fingerprint density at radius 3 is 2.78 bits per heavy atom. The number of thiazole rings is 1. The summed E-state index contributed by atoms with van der Waals surface area (Å²) in [7, 11) is 1.36. The highest BCUT2D eigenvalue weighted by Crippen LogP contribution is 2.37. The molecule has 0 unspecified atom stereocenters. The highest BCUT2D eigenvalue weighted by molar-refractivity contribution is 8.15. The van der Waals surface area contributed by atoms with Gasteiger partial charge in [-0.2, -0.15) is 0 Å². The Labute approximate surface area is 217 Å². The smallest absolute Gasteiger partial charge is 0.253 e. The van der Waals surface area contributed by atoms with E-state index < -0.39 is 29.2 Å². The lowest BCUT2D eigenvalue weighted by atomic mass is 9.99. The van der Waals surface area contributed by atoms with Crippen LogP contribution < -0.4 is 15.8 Å². The van der Waals surface area contributed by atoms with Crippen molar-refractivity contribution in [3.05, 3.63) is 64.4 Å². The summed E-state index contributed by atoms with van der Waals surface area (Å²) in [5.41, 5.74) is 8.69. The number of pyridine rings is 1. The van der Waals surface area contributed by atoms with Gasteiger partial charge < -0.3 is 15.8 Å². The zero-order chi connectivity index (χ0) is 26.6. The van der Waals surface area contributed by atoms with Gasteiger partial charge in [-0.05, 0) is 31.0 Å². The fourth-order valence-electron chi connectivity index (χ4n) is 3.35. The van der Waals surface area contributed by atoms with Crippen molar-refractivity contribution in [3.63, 3.8) is 0 Å². The first-order valence-corrected chi connectivity index (χ1v) is 12.5. The predicted octanol–water partition coefficient (Wildman–Crippen LogP) is 5.33. The van der Waals surface area contributed by atoms with Gasteiger partial charge in [0.25, 0.3) is 6.43 Å². The molecule has 194 valence electrons. The lowest BCUT2D eigenvalue weighted by molar-refractivity contribution is 0.106. The van der Waals surface area contributed by atoms with Crippen LogP contribution in [0.4, 0.5) is 29.1 Å². The van der Waals surface area contributed by atoms with Crippen molar-refractivity contribution < 1.29 is 22.3 Å². The predicted molar refractivity (Wildman–Crippen MR) is 137 cm³/mol. The first kappa shape index (κ1) is 26.5. The number of hydrogen-bond acceptors (Lipinski definition) is 9. The maximum atomic E-state index is 14.6. The number of ether oxygens (including phenoxy) is 1. The summed E-state index contributed by atoms with van der Waals surface area (Å²) in [6, 6.07) is 3.77. The lowest BCUT2D eigenvalue weighted by Crippen LogP contribution is -2.36. The van der Waals surface area contributed by atoms with Crippen molar-refractivity contribution in [1.82, 2.24) is 19.9 Å². The van der Waals surface area contributed by atoms with Crippen molar-refractivity contribution in [2.24, 2.45) is 10.7 Å². The minimum absolute atomic E-state index is 0.0913. The van der Waals surface area contributed by atoms with Crippen molar-refractivity contribution in [1.29, 1.82) is 0 Å². The number of anilines is 2. The number of aliphatic imine (C=N–C) groups is 1. The van der Waals surface area contributed by atoms with E-state index in [1.165, 1.54) is 43.8 Å². The SMILES string of the molecule is CN=C(N)S[C@](C)(Cc1cc(Nc2nccc3nc(OCc4cscn4)cnc23)cc(F)c1F)C(F)F. The molecule has 0 aliphatic heterocycles. The number of hydrogen-bond donors (Lipinski definition) is 2. The van der Waals surface area contributed by atoms with Crippen LogP contribution in [0.25, 0.3) is 11.0 Å². The van der Waals surface area contributed by atoms with E-state index in [0.717, 1.165) is 11.8 Å². The summed E-state index contributed by atoms with van der Waals surface area (Å²) in [5, 5.41) is 4.65. The summed E-state index contributed by atoms with van der Waals surface area (Å²) < 4.78 is 60.7. The van der Waals surface area contributed by atoms with E-state index in [-0.39, 0.29) is 34.7 Å². The monoisotopic (exact) mass is 551 g/mol. The number of amidine groups is 1. The molecule has 8 nitrogen and oxygen atoms in total. The number of alkyl halides is 2. The first-order chi connectivity index (χ1) is 17.7. The summed E-state index contributed by atoms with van der Waals surface area (Å²) >= 11 is 2.05. The number of nitrogens with zero attached hydrogens (tertiary/aromatic N) is 5. The molecule has 4 rings (SSSR count). The molecule has 1 aromatic carbocycles. The van der Waals surface area contributed by atoms with Crippen LogP contribution in [-0.4, -0.2) is 43.3 Å². The Morgan fingerprint density at radius 2 is 2.08 bits per heavy atom. The van der Waals surface area contributed by atoms with Crippen LogP contribution in [0.15, 0.2) is 46.5 Å². The normalized spacial score (nSPS) is 13.6. The number of aromatic nitrogens is 4. The molecule has 4 aromatic rings. The van der Waals surface area contributed by atoms with Crippen molar-refractivity contribution >= 4 is 50.8 Å². The van der Waals surface area contributed by atoms with E-state index in [1.54, 1.807) is 11.6 Å². The molecule has 0 saturated carbocycles. The van der Waals surface area contributed by atoms with Crippen LogP contribution in [-0.2, 0) is 13.0 Å². The maximum absolute atomic E-state index is 14.6. The van der Waals surface area contributed by atoms with E-state index in [9.17, 15) is 17.6 Å². The van der Waals surface area contributed by atoms with Gasteiger partial charge in [-0.3, -0.25) is 4.99 Å². The molecule has 0 aliphatic rings. The number of halogens is 4. The minimum atomic E-state index is -2.89. The number of benzene rings is 1. The number of nitrogens with one attached hydrogen (secondary N) is 1. The highest BCUT2D eigenvalue weighted by Gasteiger charge is 2.38. The quantitative estimate of drug-likeness (QED) is 0.163. The van der Waals surface area contributed by atoms with Crippen LogP contribution in [0.3, 0.4) is 0 Å². The maximum Gasteiger partial charge on any atom is 0.253 e. The average molecular weight is 552 g/mol. The molecule has 37 heavy (non-hydrogen) atoms. The Morgan fingerprint density at radius 1 is 1.27 bits per heavy atom. The van der Waals surface area contributed by atoms with Gasteiger partial charge >= 0.3 is 0 Å². The molecule has 14 heteroatoms. The van der Waals surface area contributed by atoms with E-state index in [0.29, 0.717) is 22.8 Å². The standard InChI is InChI=1S/C23H21F4N7OS2/c1-23(21(26)27,37-22(28)29-2)7-12-5-13(6-15(24)18(12)25)33-20-19-16(3-4-30-20)34-17(8-31-19)35-9-14-10-36-11-32-14/h3-6,8,10-11,21H,7,9H2,1-2H3,(H2,28,29)(H,30,33)/t23-/m1/s1. The van der Waals surface area contributed by atoms with Crippen LogP contribution in [0.1, 0.15) is 18.2 Å². The molecule has 0 amide bonds. The fraction of sp³-hybridized carbons (Fsp3) is 0.261. The molecule has 0 saturated heterocycles. The molecular formula is C23H21F4N7OS2. The van der Waals surface area contributed by atoms with E-state index >= 15 is 0 Å². The van der Waals surface area contributed by atoms with E-state index in [4.69, 9.17) is 10.5 Å². The lowest BCUT2D eigenvalue weighted by Gasteiger charge is -2.28. The summed E-state index contributed by atoms with van der Waals surface area (Å²) in [6.07, 6.45) is -0.532. The zero-order valence-electron chi connectivity index (χ0n) is 19.6. The highest BCUT2D eigenvalue weighted by atomic mass is 32.2. The summed E-state index contributed by atoms with van der Waals surface area (Å²) in [4.78, 5) is 20.8. The number of fused-ring (bicyclic) bond motifs is 1. The van der Waals surface area contributed by atoms with Crippen LogP contribution in [0, 0.1) is 11.6 Å². The Hall–Kier alpha value is -3.52. The zero-order valence-corrected chi connectivity index (χ0v) is 21.2. The molecule has 0 bridgehead atoms. The van der Waals surface area contributed by atoms with Gasteiger partial charge in [0, 0.05) is 30.4 Å². The van der Waals surface area contributed by atoms with Crippen molar-refractivity contribution in [2.75, 3.05) is 12.4 Å². The average Bonchev–Trinajstić information content (AvgIpc) is 3.39. The molecule has 3 aromatic heterocycles. The van der Waals surface area contributed by atoms with Gasteiger partial charge in [-0.1, -0.05) is 11.8 Å². The minimum Gasteiger partial charge on any atom is -0.470 e. The van der Waals surface area contributed by atoms with Crippen LogP contribution >= 0.6 is 23.1 Å². The van der Waals surface area contributed by atoms with Gasteiger partial charge in [0.15, 0.2) is 22.6 Å². The third-order valence-electron chi connectivity index (χ3n) is 5.22. The number of thioether (sulfide) groups is 1.